The predicted octanol–water partition coefficient (Wildman–Crippen LogP) is 1.60. The van der Waals surface area contributed by atoms with Crippen LogP contribution in [-0.2, 0) is 0 Å². The van der Waals surface area contributed by atoms with Gasteiger partial charge in [0.05, 0.1) is 6.61 Å². The van der Waals surface area contributed by atoms with Gasteiger partial charge in [-0.1, -0.05) is 13.8 Å². The molecule has 4 N–H and O–H groups in total. The number of carbonyl (C=O) groups excluding carboxylic acids is 1. The van der Waals surface area contributed by atoms with Crippen LogP contribution in [0.15, 0.2) is 0 Å². The Hall–Kier alpha value is -1.34. The third-order valence-electron chi connectivity index (χ3n) is 3.83. The van der Waals surface area contributed by atoms with E-state index in [1.807, 2.05) is 0 Å². The van der Waals surface area contributed by atoms with Gasteiger partial charge in [-0.25, -0.2) is 0 Å². The number of aliphatic hydroxyl groups excluding tert-OH is 1. The molecule has 0 aliphatic heterocycles. The number of aliphatic hydroxyl groups is 1. The van der Waals surface area contributed by atoms with E-state index in [9.17, 15) is 9.90 Å². The van der Waals surface area contributed by atoms with Gasteiger partial charge >= 0.3 is 0 Å². The highest BCUT2D eigenvalue weighted by molar-refractivity contribution is 7.11. The average Bonchev–Trinajstić information content (AvgIpc) is 3.19. The van der Waals surface area contributed by atoms with Crippen molar-refractivity contribution in [3.63, 3.8) is 0 Å². The molecule has 2 rings (SSSR count). The lowest BCUT2D eigenvalue weighted by Crippen LogP contribution is -2.38. The number of carbonyl (C=O) groups is 1. The molecular weight excluding hydrogens is 288 g/mol. The van der Waals surface area contributed by atoms with Crippen molar-refractivity contribution in [2.24, 2.45) is 0 Å². The lowest BCUT2D eigenvalue weighted by molar-refractivity contribution is 0.0952. The first-order chi connectivity index (χ1) is 10.1. The lowest BCUT2D eigenvalue weighted by Gasteiger charge is -2.31. The van der Waals surface area contributed by atoms with Crippen LogP contribution < -0.4 is 16.0 Å². The van der Waals surface area contributed by atoms with E-state index in [0.29, 0.717) is 12.1 Å². The first-order valence-electron chi connectivity index (χ1n) is 7.55. The number of nitrogens with zero attached hydrogens (tertiary/aromatic N) is 2. The van der Waals surface area contributed by atoms with E-state index in [0.717, 1.165) is 30.7 Å². The summed E-state index contributed by atoms with van der Waals surface area (Å²) in [6.07, 6.45) is 3.95. The topological polar surface area (TPSA) is 91.5 Å². The van der Waals surface area contributed by atoms with Gasteiger partial charge < -0.3 is 21.1 Å². The van der Waals surface area contributed by atoms with E-state index in [4.69, 9.17) is 5.73 Å². The molecule has 0 unspecified atom stereocenters. The largest absolute Gasteiger partial charge is 0.395 e. The summed E-state index contributed by atoms with van der Waals surface area (Å²) >= 11 is 1.24. The molecule has 0 radical (unpaired) electrons. The van der Waals surface area contributed by atoms with Gasteiger partial charge in [-0.15, -0.1) is 0 Å². The first kappa shape index (κ1) is 16.0. The molecule has 1 heterocycles. The summed E-state index contributed by atoms with van der Waals surface area (Å²) in [5.41, 5.74) is 6.37. The SMILES string of the molecule is CCC(CC)N(CCO)c1snc(N)c1C(=O)NC1CC1. The van der Waals surface area contributed by atoms with E-state index in [2.05, 4.69) is 28.4 Å². The molecule has 1 saturated carbocycles. The normalized spacial score (nSPS) is 14.5. The lowest BCUT2D eigenvalue weighted by atomic mass is 10.1. The van der Waals surface area contributed by atoms with Crippen molar-refractivity contribution in [3.8, 4) is 0 Å². The highest BCUT2D eigenvalue weighted by Gasteiger charge is 2.30. The van der Waals surface area contributed by atoms with Gasteiger partial charge in [0.2, 0.25) is 0 Å². The molecule has 21 heavy (non-hydrogen) atoms. The minimum Gasteiger partial charge on any atom is -0.395 e. The third-order valence-corrected chi connectivity index (χ3v) is 4.72. The Morgan fingerprint density at radius 1 is 1.52 bits per heavy atom. The van der Waals surface area contributed by atoms with Crippen LogP contribution in [0.5, 0.6) is 0 Å². The molecular formula is C14H24N4O2S. The monoisotopic (exact) mass is 312 g/mol. The maximum absolute atomic E-state index is 12.4. The second-order valence-corrected chi connectivity index (χ2v) is 6.13. The average molecular weight is 312 g/mol. The number of amides is 1. The summed E-state index contributed by atoms with van der Waals surface area (Å²) in [6.45, 7) is 4.73. The Bertz CT molecular complexity index is 483. The van der Waals surface area contributed by atoms with Crippen molar-refractivity contribution in [1.82, 2.24) is 9.69 Å². The zero-order chi connectivity index (χ0) is 15.4. The Morgan fingerprint density at radius 3 is 2.71 bits per heavy atom. The fourth-order valence-electron chi connectivity index (χ4n) is 2.48. The summed E-state index contributed by atoms with van der Waals surface area (Å²) in [6, 6.07) is 0.550. The van der Waals surface area contributed by atoms with Gasteiger partial charge in [0.1, 0.15) is 10.6 Å². The Morgan fingerprint density at radius 2 is 2.19 bits per heavy atom. The Labute approximate surface area is 129 Å². The highest BCUT2D eigenvalue weighted by Crippen LogP contribution is 2.33. The molecule has 6 nitrogen and oxygen atoms in total. The van der Waals surface area contributed by atoms with E-state index in [1.165, 1.54) is 11.5 Å². The molecule has 0 spiro atoms. The molecule has 118 valence electrons. The van der Waals surface area contributed by atoms with E-state index < -0.39 is 0 Å². The molecule has 1 fully saturated rings. The second kappa shape index (κ2) is 7.09. The smallest absolute Gasteiger partial charge is 0.258 e. The molecule has 0 bridgehead atoms. The summed E-state index contributed by atoms with van der Waals surface area (Å²) in [4.78, 5) is 14.5. The van der Waals surface area contributed by atoms with Crippen LogP contribution in [0.1, 0.15) is 49.9 Å². The minimum atomic E-state index is -0.146. The van der Waals surface area contributed by atoms with Crippen LogP contribution in [0.25, 0.3) is 0 Å². The van der Waals surface area contributed by atoms with Gasteiger partial charge in [0.25, 0.3) is 5.91 Å². The molecule has 0 saturated heterocycles. The molecule has 0 aromatic carbocycles. The van der Waals surface area contributed by atoms with Gasteiger partial charge in [-0.05, 0) is 37.2 Å². The zero-order valence-corrected chi connectivity index (χ0v) is 13.4. The second-order valence-electron chi connectivity index (χ2n) is 5.38. The van der Waals surface area contributed by atoms with E-state index in [-0.39, 0.29) is 30.4 Å². The molecule has 1 aromatic rings. The highest BCUT2D eigenvalue weighted by atomic mass is 32.1. The minimum absolute atomic E-state index is 0.0397. The number of aromatic nitrogens is 1. The predicted molar refractivity (Wildman–Crippen MR) is 85.8 cm³/mol. The quantitative estimate of drug-likeness (QED) is 0.678. The van der Waals surface area contributed by atoms with Crippen LogP contribution in [0.4, 0.5) is 10.8 Å². The van der Waals surface area contributed by atoms with Crippen molar-refractivity contribution in [2.75, 3.05) is 23.8 Å². The number of nitrogens with two attached hydrogens (primary N) is 1. The Balaban J connectivity index is 2.28. The van der Waals surface area contributed by atoms with Crippen LogP contribution in [0, 0.1) is 0 Å². The fraction of sp³-hybridized carbons (Fsp3) is 0.714. The van der Waals surface area contributed by atoms with Crippen molar-refractivity contribution in [1.29, 1.82) is 0 Å². The van der Waals surface area contributed by atoms with E-state index >= 15 is 0 Å². The Kier molecular flexibility index (Phi) is 5.41. The molecule has 0 atom stereocenters. The van der Waals surface area contributed by atoms with Crippen molar-refractivity contribution >= 4 is 28.3 Å². The van der Waals surface area contributed by atoms with Gasteiger partial charge in [0.15, 0.2) is 5.82 Å². The first-order valence-corrected chi connectivity index (χ1v) is 8.33. The molecule has 1 aliphatic rings. The third kappa shape index (κ3) is 3.65. The summed E-state index contributed by atoms with van der Waals surface area (Å²) in [7, 11) is 0. The van der Waals surface area contributed by atoms with Crippen molar-refractivity contribution < 1.29 is 9.90 Å². The maximum atomic E-state index is 12.4. The van der Waals surface area contributed by atoms with Gasteiger partial charge in [-0.3, -0.25) is 4.79 Å². The number of anilines is 2. The summed E-state index contributed by atoms with van der Waals surface area (Å²) in [5.74, 6) is 0.134. The van der Waals surface area contributed by atoms with Crippen molar-refractivity contribution in [3.05, 3.63) is 5.56 Å². The molecule has 7 heteroatoms. The van der Waals surface area contributed by atoms with Crippen molar-refractivity contribution in [2.45, 2.75) is 51.6 Å². The van der Waals surface area contributed by atoms with E-state index in [1.54, 1.807) is 0 Å². The van der Waals surface area contributed by atoms with Gasteiger partial charge in [0, 0.05) is 18.6 Å². The number of nitrogens with one attached hydrogen (secondary N) is 1. The molecule has 1 aromatic heterocycles. The van der Waals surface area contributed by atoms with Crippen LogP contribution in [0.2, 0.25) is 0 Å². The number of hydrogen-bond donors (Lipinski definition) is 3. The number of hydrogen-bond acceptors (Lipinski definition) is 6. The van der Waals surface area contributed by atoms with Crippen LogP contribution in [-0.4, -0.2) is 40.6 Å². The van der Waals surface area contributed by atoms with Gasteiger partial charge in [-0.2, -0.15) is 4.37 Å². The zero-order valence-electron chi connectivity index (χ0n) is 12.6. The fourth-order valence-corrected chi connectivity index (χ4v) is 3.38. The number of rotatable bonds is 8. The number of nitrogen functional groups attached to an aromatic ring is 1. The summed E-state index contributed by atoms with van der Waals surface area (Å²) in [5, 5.41) is 13.1. The maximum Gasteiger partial charge on any atom is 0.258 e. The summed E-state index contributed by atoms with van der Waals surface area (Å²) < 4.78 is 4.15. The molecule has 1 aliphatic carbocycles. The molecule has 1 amide bonds. The van der Waals surface area contributed by atoms with Crippen LogP contribution in [0.3, 0.4) is 0 Å². The standard InChI is InChI=1S/C14H24N4O2S/c1-3-10(4-2)18(7-8-19)14-11(12(15)17-21-14)13(20)16-9-5-6-9/h9-10,19H,3-8H2,1-2H3,(H2,15,17)(H,16,20). The van der Waals surface area contributed by atoms with Crippen LogP contribution >= 0.6 is 11.5 Å².